The Balaban J connectivity index is 2.89. The molecule has 0 aliphatic heterocycles. The third kappa shape index (κ3) is 2.98. The van der Waals surface area contributed by atoms with Gasteiger partial charge in [-0.1, -0.05) is 18.7 Å². The number of carbonyl (C=O) groups excluding carboxylic acids is 1. The van der Waals surface area contributed by atoms with Crippen LogP contribution in [-0.4, -0.2) is 16.8 Å². The highest BCUT2D eigenvalue weighted by molar-refractivity contribution is 5.87. The number of halogens is 2. The smallest absolute Gasteiger partial charge is 0.289 e. The quantitative estimate of drug-likeness (QED) is 0.370. The van der Waals surface area contributed by atoms with E-state index in [1.165, 1.54) is 11.5 Å². The van der Waals surface area contributed by atoms with Gasteiger partial charge in [-0.05, 0) is 24.6 Å². The molecule has 1 amide bonds. The molecule has 18 heavy (non-hydrogen) atoms. The summed E-state index contributed by atoms with van der Waals surface area (Å²) in [6, 6.07) is 3.53. The second-order valence-electron chi connectivity index (χ2n) is 3.61. The number of aromatic nitrogens is 1. The number of nitrogens with zero attached hydrogens (tertiary/aromatic N) is 1. The van der Waals surface area contributed by atoms with Crippen LogP contribution in [0.1, 0.15) is 11.3 Å². The van der Waals surface area contributed by atoms with E-state index >= 15 is 0 Å². The predicted molar refractivity (Wildman–Crippen MR) is 64.4 cm³/mol. The van der Waals surface area contributed by atoms with Crippen LogP contribution in [0.25, 0.3) is 6.08 Å². The van der Waals surface area contributed by atoms with Crippen molar-refractivity contribution in [1.82, 2.24) is 10.4 Å². The average molecular weight is 253 g/mol. The van der Waals surface area contributed by atoms with E-state index in [4.69, 9.17) is 0 Å². The van der Waals surface area contributed by atoms with Crippen LogP contribution in [0.15, 0.2) is 36.6 Å². The molecule has 0 aliphatic carbocycles. The Morgan fingerprint density at radius 1 is 1.61 bits per heavy atom. The fourth-order valence-corrected chi connectivity index (χ4v) is 1.19. The van der Waals surface area contributed by atoms with Crippen molar-refractivity contribution in [2.24, 2.45) is 5.84 Å². The molecule has 0 saturated heterocycles. The van der Waals surface area contributed by atoms with E-state index in [9.17, 15) is 13.6 Å². The molecule has 0 aromatic carbocycles. The first kappa shape index (κ1) is 14.0. The molecule has 4 nitrogen and oxygen atoms in total. The maximum Gasteiger partial charge on any atom is 0.350 e. The van der Waals surface area contributed by atoms with Gasteiger partial charge in [-0.2, -0.15) is 8.78 Å². The van der Waals surface area contributed by atoms with Crippen molar-refractivity contribution in [3.05, 3.63) is 47.8 Å². The van der Waals surface area contributed by atoms with Crippen molar-refractivity contribution < 1.29 is 13.6 Å². The van der Waals surface area contributed by atoms with E-state index in [2.05, 4.69) is 17.4 Å². The minimum atomic E-state index is -3.74. The number of hydrogen-bond donors (Lipinski definition) is 2. The number of carbonyl (C=O) groups is 1. The zero-order valence-corrected chi connectivity index (χ0v) is 9.78. The number of nitrogens with two attached hydrogens (primary N) is 1. The van der Waals surface area contributed by atoms with Crippen LogP contribution in [-0.2, 0) is 4.79 Å². The summed E-state index contributed by atoms with van der Waals surface area (Å²) in [5.41, 5.74) is 2.10. The number of nitrogens with one attached hydrogen (secondary N) is 1. The molecule has 0 fully saturated rings. The van der Waals surface area contributed by atoms with Crippen LogP contribution in [0, 0.1) is 6.92 Å². The summed E-state index contributed by atoms with van der Waals surface area (Å²) in [7, 11) is 0. The van der Waals surface area contributed by atoms with E-state index in [0.29, 0.717) is 5.69 Å². The van der Waals surface area contributed by atoms with Gasteiger partial charge in [-0.15, -0.1) is 0 Å². The van der Waals surface area contributed by atoms with E-state index < -0.39 is 17.4 Å². The molecule has 1 heterocycles. The third-order valence-electron chi connectivity index (χ3n) is 2.31. The Kier molecular flexibility index (Phi) is 4.28. The normalized spacial score (nSPS) is 11.6. The molecule has 0 spiro atoms. The second-order valence-corrected chi connectivity index (χ2v) is 3.61. The van der Waals surface area contributed by atoms with Gasteiger partial charge in [0.2, 0.25) is 0 Å². The average Bonchev–Trinajstić information content (AvgIpc) is 2.36. The number of allylic oxidation sites excluding steroid dienone is 1. The van der Waals surface area contributed by atoms with E-state index in [1.54, 1.807) is 25.3 Å². The fourth-order valence-electron chi connectivity index (χ4n) is 1.19. The van der Waals surface area contributed by atoms with Crippen molar-refractivity contribution in [3.63, 3.8) is 0 Å². The molecule has 1 aromatic rings. The first-order chi connectivity index (χ1) is 8.39. The Morgan fingerprint density at radius 3 is 2.83 bits per heavy atom. The molecule has 1 rings (SSSR count). The standard InChI is InChI=1S/C12H13F2N3O/c1-8-4-3-7-16-10(8)6-5-9(2)12(13,14)11(18)17-15/h3-7H,2,15H2,1H3,(H,17,18)/b6-5-. The number of rotatable bonds is 4. The van der Waals surface area contributed by atoms with Gasteiger partial charge < -0.3 is 0 Å². The highest BCUT2D eigenvalue weighted by Crippen LogP contribution is 2.24. The molecule has 96 valence electrons. The number of alkyl halides is 2. The minimum Gasteiger partial charge on any atom is -0.289 e. The molecule has 0 atom stereocenters. The monoisotopic (exact) mass is 253 g/mol. The lowest BCUT2D eigenvalue weighted by atomic mass is 10.1. The zero-order valence-electron chi connectivity index (χ0n) is 9.78. The van der Waals surface area contributed by atoms with Crippen molar-refractivity contribution in [3.8, 4) is 0 Å². The minimum absolute atomic E-state index is 0.530. The van der Waals surface area contributed by atoms with Gasteiger partial charge in [0.25, 0.3) is 0 Å². The lowest BCUT2D eigenvalue weighted by molar-refractivity contribution is -0.140. The largest absolute Gasteiger partial charge is 0.350 e. The van der Waals surface area contributed by atoms with Crippen molar-refractivity contribution in [2.45, 2.75) is 12.8 Å². The highest BCUT2D eigenvalue weighted by Gasteiger charge is 2.40. The van der Waals surface area contributed by atoms with Gasteiger partial charge in [0, 0.05) is 11.8 Å². The van der Waals surface area contributed by atoms with E-state index in [-0.39, 0.29) is 0 Å². The Labute approximate surface area is 103 Å². The zero-order chi connectivity index (χ0) is 13.8. The van der Waals surface area contributed by atoms with Gasteiger partial charge in [0.05, 0.1) is 5.69 Å². The van der Waals surface area contributed by atoms with Crippen LogP contribution >= 0.6 is 0 Å². The first-order valence-corrected chi connectivity index (χ1v) is 5.07. The molecule has 6 heteroatoms. The Morgan fingerprint density at radius 2 is 2.28 bits per heavy atom. The summed E-state index contributed by atoms with van der Waals surface area (Å²) in [6.45, 7) is 4.95. The summed E-state index contributed by atoms with van der Waals surface area (Å²) in [4.78, 5) is 14.9. The van der Waals surface area contributed by atoms with Gasteiger partial charge in [-0.25, -0.2) is 5.84 Å². The highest BCUT2D eigenvalue weighted by atomic mass is 19.3. The fraction of sp³-hybridized carbons (Fsp3) is 0.167. The SMILES string of the molecule is C=C(/C=C\c1ncccc1C)C(F)(F)C(=O)NN. The van der Waals surface area contributed by atoms with Crippen LogP contribution in [0.5, 0.6) is 0 Å². The molecule has 3 N–H and O–H groups in total. The van der Waals surface area contributed by atoms with Gasteiger partial charge in [0.1, 0.15) is 0 Å². The number of pyridine rings is 1. The van der Waals surface area contributed by atoms with Crippen molar-refractivity contribution in [2.75, 3.05) is 0 Å². The maximum absolute atomic E-state index is 13.4. The first-order valence-electron chi connectivity index (χ1n) is 5.07. The van der Waals surface area contributed by atoms with Crippen LogP contribution in [0.3, 0.4) is 0 Å². The molecule has 1 aromatic heterocycles. The lowest BCUT2D eigenvalue weighted by Crippen LogP contribution is -2.44. The van der Waals surface area contributed by atoms with Crippen molar-refractivity contribution >= 4 is 12.0 Å². The van der Waals surface area contributed by atoms with Crippen LogP contribution in [0.2, 0.25) is 0 Å². The van der Waals surface area contributed by atoms with Crippen molar-refractivity contribution in [1.29, 1.82) is 0 Å². The van der Waals surface area contributed by atoms with Gasteiger partial charge in [0.15, 0.2) is 0 Å². The molecule has 0 radical (unpaired) electrons. The molecule has 0 unspecified atom stereocenters. The third-order valence-corrected chi connectivity index (χ3v) is 2.31. The van der Waals surface area contributed by atoms with Gasteiger partial charge >= 0.3 is 11.8 Å². The predicted octanol–water partition coefficient (Wildman–Crippen LogP) is 1.58. The molecular weight excluding hydrogens is 240 g/mol. The van der Waals surface area contributed by atoms with Crippen LogP contribution in [0.4, 0.5) is 8.78 Å². The number of hydrogen-bond acceptors (Lipinski definition) is 3. The lowest BCUT2D eigenvalue weighted by Gasteiger charge is -2.14. The van der Waals surface area contributed by atoms with Gasteiger partial charge in [-0.3, -0.25) is 15.2 Å². The summed E-state index contributed by atoms with van der Waals surface area (Å²) < 4.78 is 26.7. The van der Waals surface area contributed by atoms with E-state index in [0.717, 1.165) is 11.6 Å². The summed E-state index contributed by atoms with van der Waals surface area (Å²) in [5, 5.41) is 0. The molecule has 0 aliphatic rings. The second kappa shape index (κ2) is 5.50. The number of aryl methyl sites for hydroxylation is 1. The molecular formula is C12H13F2N3O. The van der Waals surface area contributed by atoms with E-state index in [1.807, 2.05) is 0 Å². The summed E-state index contributed by atoms with van der Waals surface area (Å²) >= 11 is 0. The summed E-state index contributed by atoms with van der Waals surface area (Å²) in [5.74, 6) is -0.674. The van der Waals surface area contributed by atoms with Crippen LogP contribution < -0.4 is 11.3 Å². The molecule has 0 bridgehead atoms. The maximum atomic E-state index is 13.4. The Hall–Kier alpha value is -2.08. The number of amides is 1. The Bertz CT molecular complexity index is 498. The topological polar surface area (TPSA) is 68.0 Å². The summed E-state index contributed by atoms with van der Waals surface area (Å²) in [6.07, 6.45) is 3.96. The molecule has 0 saturated carbocycles. The number of hydrazine groups is 1.